The van der Waals surface area contributed by atoms with Crippen LogP contribution in [0, 0.1) is 0 Å². The molecule has 5 nitrogen and oxygen atoms in total. The summed E-state index contributed by atoms with van der Waals surface area (Å²) in [5.74, 6) is -1.10. The minimum Gasteiger partial charge on any atom is -0.480 e. The zero-order valence-electron chi connectivity index (χ0n) is 6.50. The fourth-order valence-corrected chi connectivity index (χ4v) is 0.527. The summed E-state index contributed by atoms with van der Waals surface area (Å²) in [5.41, 5.74) is 0. The average Bonchev–Trinajstić information content (AvgIpc) is 1.84. The normalized spacial score (nSPS) is 11.5. The Kier molecular flexibility index (Phi) is 4.20. The number of carboxylic acid groups (broad SMARTS) is 1. The first-order valence-electron chi connectivity index (χ1n) is 3.11. The zero-order valence-corrected chi connectivity index (χ0v) is 7.39. The Hall–Kier alpha value is -1.17. The first kappa shape index (κ1) is 10.8. The van der Waals surface area contributed by atoms with Gasteiger partial charge in [0.25, 0.3) is 0 Å². The van der Waals surface area contributed by atoms with Gasteiger partial charge in [-0.3, -0.25) is 4.79 Å². The van der Waals surface area contributed by atoms with Gasteiger partial charge in [-0.05, 0) is 6.92 Å². The zero-order chi connectivity index (χ0) is 9.72. The first-order valence-corrected chi connectivity index (χ1v) is 3.56. The molecular formula is C6H10N2O3S. The molecule has 0 rings (SSSR count). The van der Waals surface area contributed by atoms with E-state index in [1.54, 1.807) is 0 Å². The number of hydrogen-bond donors (Lipinski definition) is 4. The number of hydrogen-bond acceptors (Lipinski definition) is 3. The molecule has 1 atom stereocenters. The fourth-order valence-electron chi connectivity index (χ4n) is 0.426. The van der Waals surface area contributed by atoms with E-state index in [9.17, 15) is 9.59 Å². The number of carbonyl (C=O) groups excluding carboxylic acids is 1. The van der Waals surface area contributed by atoms with Gasteiger partial charge >= 0.3 is 12.0 Å². The maximum Gasteiger partial charge on any atom is 0.325 e. The van der Waals surface area contributed by atoms with E-state index in [1.165, 1.54) is 6.92 Å². The molecule has 6 heteroatoms. The number of carbonyl (C=O) groups is 2. The summed E-state index contributed by atoms with van der Waals surface area (Å²) in [6.45, 7) is 4.64. The Labute approximate surface area is 75.2 Å². The van der Waals surface area contributed by atoms with E-state index in [0.717, 1.165) is 0 Å². The molecule has 0 aliphatic carbocycles. The van der Waals surface area contributed by atoms with Gasteiger partial charge in [0.2, 0.25) is 0 Å². The van der Waals surface area contributed by atoms with E-state index >= 15 is 0 Å². The summed E-state index contributed by atoms with van der Waals surface area (Å²) in [5, 5.41) is 12.9. The number of thiol groups is 1. The quantitative estimate of drug-likeness (QED) is 0.479. The van der Waals surface area contributed by atoms with E-state index in [-0.39, 0.29) is 5.03 Å². The van der Waals surface area contributed by atoms with Gasteiger partial charge in [-0.1, -0.05) is 6.58 Å². The summed E-state index contributed by atoms with van der Waals surface area (Å²) in [6.07, 6.45) is 0. The number of urea groups is 1. The highest BCUT2D eigenvalue weighted by atomic mass is 32.1. The smallest absolute Gasteiger partial charge is 0.325 e. The molecule has 0 aliphatic rings. The van der Waals surface area contributed by atoms with Crippen molar-refractivity contribution in [3.8, 4) is 0 Å². The van der Waals surface area contributed by atoms with E-state index in [1.807, 2.05) is 0 Å². The van der Waals surface area contributed by atoms with Crippen molar-refractivity contribution in [2.24, 2.45) is 0 Å². The van der Waals surface area contributed by atoms with Crippen LogP contribution in [0.15, 0.2) is 11.6 Å². The van der Waals surface area contributed by atoms with Crippen LogP contribution < -0.4 is 10.6 Å². The van der Waals surface area contributed by atoms with Crippen LogP contribution in [0.25, 0.3) is 0 Å². The predicted molar refractivity (Wildman–Crippen MR) is 46.9 cm³/mol. The molecule has 0 heterocycles. The highest BCUT2D eigenvalue weighted by molar-refractivity contribution is 7.84. The minimum atomic E-state index is -1.10. The van der Waals surface area contributed by atoms with Crippen LogP contribution in [0.2, 0.25) is 0 Å². The molecule has 1 unspecified atom stereocenters. The largest absolute Gasteiger partial charge is 0.480 e. The highest BCUT2D eigenvalue weighted by Crippen LogP contribution is 1.88. The van der Waals surface area contributed by atoms with Crippen molar-refractivity contribution < 1.29 is 14.7 Å². The lowest BCUT2D eigenvalue weighted by Crippen LogP contribution is -2.43. The van der Waals surface area contributed by atoms with Crippen molar-refractivity contribution in [3.63, 3.8) is 0 Å². The van der Waals surface area contributed by atoms with Crippen molar-refractivity contribution in [1.82, 2.24) is 10.6 Å². The second kappa shape index (κ2) is 4.66. The summed E-state index contributed by atoms with van der Waals surface area (Å²) in [7, 11) is 0. The van der Waals surface area contributed by atoms with Crippen LogP contribution in [0.3, 0.4) is 0 Å². The molecule has 2 amide bonds. The summed E-state index contributed by atoms with van der Waals surface area (Å²) in [4.78, 5) is 21.0. The summed E-state index contributed by atoms with van der Waals surface area (Å²) >= 11 is 3.70. The number of carboxylic acids is 1. The number of rotatable bonds is 3. The third kappa shape index (κ3) is 4.62. The third-order valence-electron chi connectivity index (χ3n) is 0.976. The van der Waals surface area contributed by atoms with Gasteiger partial charge in [-0.2, -0.15) is 0 Å². The molecule has 12 heavy (non-hydrogen) atoms. The Bertz CT molecular complexity index is 217. The Balaban J connectivity index is 3.85. The summed E-state index contributed by atoms with van der Waals surface area (Å²) < 4.78 is 0. The summed E-state index contributed by atoms with van der Waals surface area (Å²) in [6, 6.07) is -1.57. The second-order valence-corrected chi connectivity index (χ2v) is 2.64. The molecule has 0 aromatic rings. The van der Waals surface area contributed by atoms with Crippen LogP contribution >= 0.6 is 12.6 Å². The molecule has 68 valence electrons. The van der Waals surface area contributed by atoms with Gasteiger partial charge in [-0.25, -0.2) is 4.79 Å². The lowest BCUT2D eigenvalue weighted by Gasteiger charge is -2.09. The van der Waals surface area contributed by atoms with Crippen molar-refractivity contribution in [2.45, 2.75) is 13.0 Å². The fraction of sp³-hybridized carbons (Fsp3) is 0.333. The Morgan fingerprint density at radius 1 is 1.58 bits per heavy atom. The average molecular weight is 190 g/mol. The Morgan fingerprint density at radius 3 is 2.42 bits per heavy atom. The third-order valence-corrected chi connectivity index (χ3v) is 1.09. The second-order valence-electron chi connectivity index (χ2n) is 2.11. The topological polar surface area (TPSA) is 78.4 Å². The van der Waals surface area contributed by atoms with E-state index < -0.39 is 18.0 Å². The minimum absolute atomic E-state index is 0.157. The monoisotopic (exact) mass is 190 g/mol. The maximum absolute atomic E-state index is 10.8. The molecule has 0 saturated heterocycles. The lowest BCUT2D eigenvalue weighted by molar-refractivity contribution is -0.138. The van der Waals surface area contributed by atoms with Gasteiger partial charge in [0.05, 0.1) is 5.03 Å². The number of aliphatic carboxylic acids is 1. The van der Waals surface area contributed by atoms with Crippen molar-refractivity contribution in [1.29, 1.82) is 0 Å². The van der Waals surface area contributed by atoms with Crippen LogP contribution in [0.1, 0.15) is 6.92 Å². The molecule has 0 fully saturated rings. The molecule has 0 bridgehead atoms. The van der Waals surface area contributed by atoms with Crippen molar-refractivity contribution in [3.05, 3.63) is 11.6 Å². The molecule has 0 spiro atoms. The van der Waals surface area contributed by atoms with E-state index in [4.69, 9.17) is 5.11 Å². The molecule has 0 saturated carbocycles. The lowest BCUT2D eigenvalue weighted by atomic mass is 10.3. The van der Waals surface area contributed by atoms with Crippen molar-refractivity contribution in [2.75, 3.05) is 0 Å². The molecule has 0 aliphatic heterocycles. The highest BCUT2D eigenvalue weighted by Gasteiger charge is 2.12. The Morgan fingerprint density at radius 2 is 2.08 bits per heavy atom. The molecule has 3 N–H and O–H groups in total. The van der Waals surface area contributed by atoms with E-state index in [0.29, 0.717) is 0 Å². The van der Waals surface area contributed by atoms with Crippen molar-refractivity contribution >= 4 is 24.6 Å². The van der Waals surface area contributed by atoms with Gasteiger partial charge in [0.1, 0.15) is 6.04 Å². The first-order chi connectivity index (χ1) is 5.43. The van der Waals surface area contributed by atoms with Gasteiger partial charge in [0, 0.05) is 0 Å². The molecule has 0 radical (unpaired) electrons. The maximum atomic E-state index is 10.8. The number of nitrogens with one attached hydrogen (secondary N) is 2. The van der Waals surface area contributed by atoms with Crippen LogP contribution in [0.5, 0.6) is 0 Å². The SMILES string of the molecule is C=C(S)NC(=O)NC(C)C(=O)O. The standard InChI is InChI=1S/C6H10N2O3S/c1-3(5(9)10)7-6(11)8-4(2)12/h3,12H,2H2,1H3,(H,9,10)(H2,7,8,11). The van der Waals surface area contributed by atoms with E-state index in [2.05, 4.69) is 29.8 Å². The number of amides is 2. The van der Waals surface area contributed by atoms with Crippen LogP contribution in [-0.2, 0) is 4.79 Å². The van der Waals surface area contributed by atoms with Gasteiger partial charge in [-0.15, -0.1) is 12.6 Å². The van der Waals surface area contributed by atoms with Gasteiger partial charge < -0.3 is 15.7 Å². The molecule has 0 aromatic heterocycles. The predicted octanol–water partition coefficient (Wildman–Crippen LogP) is 0.160. The molecular weight excluding hydrogens is 180 g/mol. The van der Waals surface area contributed by atoms with Gasteiger partial charge in [0.15, 0.2) is 0 Å². The molecule has 0 aromatic carbocycles. The van der Waals surface area contributed by atoms with Crippen LogP contribution in [-0.4, -0.2) is 23.1 Å². The van der Waals surface area contributed by atoms with Crippen LogP contribution in [0.4, 0.5) is 4.79 Å².